The van der Waals surface area contributed by atoms with Gasteiger partial charge in [-0.15, -0.1) is 0 Å². The van der Waals surface area contributed by atoms with Gasteiger partial charge in [0.2, 0.25) is 5.95 Å². The summed E-state index contributed by atoms with van der Waals surface area (Å²) in [6.45, 7) is 3.09. The van der Waals surface area contributed by atoms with Crippen LogP contribution in [-0.4, -0.2) is 42.2 Å². The number of carbonyl (C=O) groups excluding carboxylic acids is 1. The number of hydrogen-bond donors (Lipinski definition) is 2. The molecule has 1 unspecified atom stereocenters. The first-order valence-corrected chi connectivity index (χ1v) is 8.29. The van der Waals surface area contributed by atoms with E-state index in [0.717, 1.165) is 30.8 Å². The lowest BCUT2D eigenvalue weighted by Gasteiger charge is -2.13. The zero-order valence-electron chi connectivity index (χ0n) is 14.4. The van der Waals surface area contributed by atoms with Gasteiger partial charge in [0, 0.05) is 19.2 Å². The topological polar surface area (TPSA) is 99.4 Å². The predicted molar refractivity (Wildman–Crippen MR) is 94.5 cm³/mol. The number of hydrogen-bond acceptors (Lipinski definition) is 6. The summed E-state index contributed by atoms with van der Waals surface area (Å²) in [4.78, 5) is 20.5. The number of ether oxygens (including phenoxy) is 2. The summed E-state index contributed by atoms with van der Waals surface area (Å²) >= 11 is 0. The van der Waals surface area contributed by atoms with Crippen molar-refractivity contribution in [1.82, 2.24) is 15.3 Å². The first-order valence-electron chi connectivity index (χ1n) is 8.29. The average molecular weight is 342 g/mol. The zero-order chi connectivity index (χ0) is 17.8. The maximum atomic E-state index is 12.2. The third kappa shape index (κ3) is 3.88. The van der Waals surface area contributed by atoms with E-state index in [4.69, 9.17) is 15.2 Å². The van der Waals surface area contributed by atoms with Crippen molar-refractivity contribution in [1.29, 1.82) is 0 Å². The number of benzene rings is 1. The SMILES string of the molecule is CNC(=O)c1c(C)nc(N)nc1-c1ccc(OCC2CCCO2)cc1. The fourth-order valence-corrected chi connectivity index (χ4v) is 2.87. The Morgan fingerprint density at radius 1 is 1.36 bits per heavy atom. The molecule has 1 aromatic heterocycles. The van der Waals surface area contributed by atoms with Crippen molar-refractivity contribution in [2.75, 3.05) is 26.0 Å². The molecule has 2 heterocycles. The summed E-state index contributed by atoms with van der Waals surface area (Å²) in [5, 5.41) is 2.62. The highest BCUT2D eigenvalue weighted by atomic mass is 16.5. The second-order valence-corrected chi connectivity index (χ2v) is 5.94. The molecule has 0 spiro atoms. The van der Waals surface area contributed by atoms with Crippen LogP contribution in [0.5, 0.6) is 5.75 Å². The molecule has 7 nitrogen and oxygen atoms in total. The van der Waals surface area contributed by atoms with E-state index < -0.39 is 0 Å². The Hall–Kier alpha value is -2.67. The number of nitrogens with one attached hydrogen (secondary N) is 1. The molecule has 1 aliphatic rings. The Balaban J connectivity index is 1.83. The van der Waals surface area contributed by atoms with Gasteiger partial charge in [0.15, 0.2) is 0 Å². The van der Waals surface area contributed by atoms with Gasteiger partial charge in [0.1, 0.15) is 12.4 Å². The van der Waals surface area contributed by atoms with Crippen LogP contribution in [0.25, 0.3) is 11.3 Å². The monoisotopic (exact) mass is 342 g/mol. The normalized spacial score (nSPS) is 16.6. The number of nitrogen functional groups attached to an aromatic ring is 1. The van der Waals surface area contributed by atoms with Crippen LogP contribution >= 0.6 is 0 Å². The second kappa shape index (κ2) is 7.48. The van der Waals surface area contributed by atoms with Gasteiger partial charge in [-0.3, -0.25) is 4.79 Å². The van der Waals surface area contributed by atoms with Crippen LogP contribution < -0.4 is 15.8 Å². The van der Waals surface area contributed by atoms with Crippen LogP contribution in [0.15, 0.2) is 24.3 Å². The highest BCUT2D eigenvalue weighted by Crippen LogP contribution is 2.26. The zero-order valence-corrected chi connectivity index (χ0v) is 14.4. The Bertz CT molecular complexity index is 756. The number of carbonyl (C=O) groups is 1. The Morgan fingerprint density at radius 2 is 2.12 bits per heavy atom. The van der Waals surface area contributed by atoms with Gasteiger partial charge in [-0.05, 0) is 44.0 Å². The number of aryl methyl sites for hydroxylation is 1. The third-order valence-corrected chi connectivity index (χ3v) is 4.15. The maximum absolute atomic E-state index is 12.2. The maximum Gasteiger partial charge on any atom is 0.255 e. The summed E-state index contributed by atoms with van der Waals surface area (Å²) < 4.78 is 11.3. The standard InChI is InChI=1S/C18H22N4O3/c1-11-15(17(23)20-2)16(22-18(19)21-11)12-5-7-13(8-6-12)25-10-14-4-3-9-24-14/h5-8,14H,3-4,9-10H2,1-2H3,(H,20,23)(H2,19,21,22). The van der Waals surface area contributed by atoms with Gasteiger partial charge >= 0.3 is 0 Å². The lowest BCUT2D eigenvalue weighted by molar-refractivity contribution is 0.0679. The van der Waals surface area contributed by atoms with E-state index in [-0.39, 0.29) is 18.0 Å². The fourth-order valence-electron chi connectivity index (χ4n) is 2.87. The molecule has 1 saturated heterocycles. The highest BCUT2D eigenvalue weighted by Gasteiger charge is 2.19. The van der Waals surface area contributed by atoms with Crippen molar-refractivity contribution >= 4 is 11.9 Å². The van der Waals surface area contributed by atoms with Crippen molar-refractivity contribution in [2.24, 2.45) is 0 Å². The minimum atomic E-state index is -0.244. The van der Waals surface area contributed by atoms with E-state index in [0.29, 0.717) is 23.6 Å². The number of rotatable bonds is 5. The quantitative estimate of drug-likeness (QED) is 0.861. The molecule has 25 heavy (non-hydrogen) atoms. The number of nitrogens with two attached hydrogens (primary N) is 1. The minimum Gasteiger partial charge on any atom is -0.491 e. The van der Waals surface area contributed by atoms with Crippen LogP contribution in [0.2, 0.25) is 0 Å². The van der Waals surface area contributed by atoms with Crippen LogP contribution in [0.1, 0.15) is 28.9 Å². The molecule has 3 rings (SSSR count). The van der Waals surface area contributed by atoms with Crippen molar-refractivity contribution < 1.29 is 14.3 Å². The molecule has 1 atom stereocenters. The first kappa shape index (κ1) is 17.2. The van der Waals surface area contributed by atoms with Gasteiger partial charge in [0.25, 0.3) is 5.91 Å². The van der Waals surface area contributed by atoms with Gasteiger partial charge in [0.05, 0.1) is 23.1 Å². The molecule has 1 aromatic carbocycles. The van der Waals surface area contributed by atoms with Crippen LogP contribution in [0.3, 0.4) is 0 Å². The number of amides is 1. The second-order valence-electron chi connectivity index (χ2n) is 5.94. The van der Waals surface area contributed by atoms with Crippen molar-refractivity contribution in [2.45, 2.75) is 25.9 Å². The molecule has 1 fully saturated rings. The third-order valence-electron chi connectivity index (χ3n) is 4.15. The van der Waals surface area contributed by atoms with E-state index >= 15 is 0 Å². The Labute approximate surface area is 146 Å². The van der Waals surface area contributed by atoms with Gasteiger partial charge in [-0.1, -0.05) is 0 Å². The molecule has 1 amide bonds. The van der Waals surface area contributed by atoms with Crippen molar-refractivity contribution in [3.8, 4) is 17.0 Å². The highest BCUT2D eigenvalue weighted by molar-refractivity contribution is 6.00. The van der Waals surface area contributed by atoms with Crippen LogP contribution in [0, 0.1) is 6.92 Å². The molecular weight excluding hydrogens is 320 g/mol. The lowest BCUT2D eigenvalue weighted by Crippen LogP contribution is -2.21. The van der Waals surface area contributed by atoms with Crippen molar-refractivity contribution in [3.05, 3.63) is 35.5 Å². The Kier molecular flexibility index (Phi) is 5.14. The molecule has 1 aliphatic heterocycles. The van der Waals surface area contributed by atoms with Crippen molar-refractivity contribution in [3.63, 3.8) is 0 Å². The summed E-state index contributed by atoms with van der Waals surface area (Å²) in [7, 11) is 1.57. The van der Waals surface area contributed by atoms with E-state index in [1.807, 2.05) is 24.3 Å². The molecule has 0 saturated carbocycles. The molecule has 2 aromatic rings. The smallest absolute Gasteiger partial charge is 0.255 e. The van der Waals surface area contributed by atoms with E-state index in [2.05, 4.69) is 15.3 Å². The summed E-state index contributed by atoms with van der Waals surface area (Å²) in [5.41, 5.74) is 8.01. The molecule has 7 heteroatoms. The van der Waals surface area contributed by atoms with E-state index in [9.17, 15) is 4.79 Å². The van der Waals surface area contributed by atoms with Gasteiger partial charge < -0.3 is 20.5 Å². The molecule has 132 valence electrons. The molecule has 0 radical (unpaired) electrons. The van der Waals surface area contributed by atoms with Crippen LogP contribution in [-0.2, 0) is 4.74 Å². The number of nitrogens with zero attached hydrogens (tertiary/aromatic N) is 2. The molecule has 0 aliphatic carbocycles. The average Bonchev–Trinajstić information content (AvgIpc) is 3.13. The number of anilines is 1. The molecular formula is C18H22N4O3. The molecule has 3 N–H and O–H groups in total. The Morgan fingerprint density at radius 3 is 2.76 bits per heavy atom. The molecule has 0 bridgehead atoms. The summed E-state index contributed by atoms with van der Waals surface area (Å²) in [6.07, 6.45) is 2.29. The van der Waals surface area contributed by atoms with E-state index in [1.54, 1.807) is 14.0 Å². The van der Waals surface area contributed by atoms with Gasteiger partial charge in [-0.25, -0.2) is 9.97 Å². The van der Waals surface area contributed by atoms with Crippen LogP contribution in [0.4, 0.5) is 5.95 Å². The largest absolute Gasteiger partial charge is 0.491 e. The summed E-state index contributed by atoms with van der Waals surface area (Å²) in [5.74, 6) is 0.643. The predicted octanol–water partition coefficient (Wildman–Crippen LogP) is 1.95. The fraction of sp³-hybridized carbons (Fsp3) is 0.389. The summed E-state index contributed by atoms with van der Waals surface area (Å²) in [6, 6.07) is 7.42. The minimum absolute atomic E-state index is 0.138. The first-order chi connectivity index (χ1) is 12.1. The lowest BCUT2D eigenvalue weighted by atomic mass is 10.0. The number of aromatic nitrogens is 2. The van der Waals surface area contributed by atoms with E-state index in [1.165, 1.54) is 0 Å². The van der Waals surface area contributed by atoms with Gasteiger partial charge in [-0.2, -0.15) is 0 Å².